The molecule has 1 aromatic carbocycles. The van der Waals surface area contributed by atoms with Crippen molar-refractivity contribution in [2.75, 3.05) is 27.3 Å². The predicted molar refractivity (Wildman–Crippen MR) is 116 cm³/mol. The van der Waals surface area contributed by atoms with Crippen LogP contribution in [0.25, 0.3) is 0 Å². The molecule has 2 aromatic rings. The van der Waals surface area contributed by atoms with Gasteiger partial charge in [-0.1, -0.05) is 13.0 Å². The summed E-state index contributed by atoms with van der Waals surface area (Å²) < 4.78 is 11.0. The third kappa shape index (κ3) is 4.03. The third-order valence-corrected chi connectivity index (χ3v) is 7.02. The van der Waals surface area contributed by atoms with E-state index in [9.17, 15) is 9.59 Å². The maximum atomic E-state index is 13.1. The van der Waals surface area contributed by atoms with Crippen LogP contribution in [0.1, 0.15) is 41.8 Å². The van der Waals surface area contributed by atoms with Crippen molar-refractivity contribution in [2.24, 2.45) is 11.8 Å². The molecule has 7 heteroatoms. The van der Waals surface area contributed by atoms with Crippen molar-refractivity contribution in [3.05, 3.63) is 45.6 Å². The minimum Gasteiger partial charge on any atom is -0.493 e. The average Bonchev–Trinajstić information content (AvgIpc) is 3.25. The molecule has 1 aliphatic heterocycles. The first-order chi connectivity index (χ1) is 14.5. The fourth-order valence-corrected chi connectivity index (χ4v) is 5.08. The molecule has 2 amide bonds. The van der Waals surface area contributed by atoms with Gasteiger partial charge in [0.1, 0.15) is 0 Å². The first-order valence-corrected chi connectivity index (χ1v) is 11.3. The van der Waals surface area contributed by atoms with Crippen LogP contribution >= 0.6 is 11.3 Å². The number of hydrogen-bond donors (Lipinski definition) is 1. The molecule has 0 saturated heterocycles. The smallest absolute Gasteiger partial charge is 0.225 e. The van der Waals surface area contributed by atoms with Gasteiger partial charge in [0.15, 0.2) is 11.5 Å². The molecule has 1 aromatic heterocycles. The Balaban J connectivity index is 1.54. The van der Waals surface area contributed by atoms with E-state index in [4.69, 9.17) is 9.47 Å². The molecule has 1 aliphatic carbocycles. The number of ether oxygens (including phenoxy) is 2. The lowest BCUT2D eigenvalue weighted by Crippen LogP contribution is -2.41. The number of amides is 2. The number of hydrogen-bond acceptors (Lipinski definition) is 5. The van der Waals surface area contributed by atoms with Gasteiger partial charge in [0.25, 0.3) is 0 Å². The van der Waals surface area contributed by atoms with Crippen molar-refractivity contribution in [1.29, 1.82) is 0 Å². The minimum atomic E-state index is -0.153. The Labute approximate surface area is 181 Å². The van der Waals surface area contributed by atoms with Gasteiger partial charge < -0.3 is 19.7 Å². The molecule has 30 heavy (non-hydrogen) atoms. The summed E-state index contributed by atoms with van der Waals surface area (Å²) in [4.78, 5) is 28.3. The molecule has 1 saturated carbocycles. The number of fused-ring (bicyclic) bond motifs is 1. The number of benzene rings is 1. The molecule has 1 fully saturated rings. The van der Waals surface area contributed by atoms with Crippen LogP contribution in [-0.2, 0) is 16.0 Å². The summed E-state index contributed by atoms with van der Waals surface area (Å²) in [5, 5.41) is 4.96. The lowest BCUT2D eigenvalue weighted by Gasteiger charge is -2.37. The highest BCUT2D eigenvalue weighted by Gasteiger charge is 2.39. The topological polar surface area (TPSA) is 67.9 Å². The van der Waals surface area contributed by atoms with Gasteiger partial charge in [0, 0.05) is 30.3 Å². The Bertz CT molecular complexity index is 928. The summed E-state index contributed by atoms with van der Waals surface area (Å²) in [5.74, 6) is 2.09. The zero-order valence-corrected chi connectivity index (χ0v) is 18.5. The summed E-state index contributed by atoms with van der Waals surface area (Å²) in [6.07, 6.45) is 2.01. The second kappa shape index (κ2) is 8.68. The number of carbonyl (C=O) groups excluding carboxylic acids is 2. The van der Waals surface area contributed by atoms with E-state index >= 15 is 0 Å². The first-order valence-electron chi connectivity index (χ1n) is 10.4. The van der Waals surface area contributed by atoms with Crippen LogP contribution in [0.15, 0.2) is 29.6 Å². The van der Waals surface area contributed by atoms with Gasteiger partial charge >= 0.3 is 0 Å². The monoisotopic (exact) mass is 428 g/mol. The Kier molecular flexibility index (Phi) is 5.99. The predicted octanol–water partition coefficient (Wildman–Crippen LogP) is 3.40. The quantitative estimate of drug-likeness (QED) is 0.734. The molecular weight excluding hydrogens is 400 g/mol. The number of carbonyl (C=O) groups is 2. The van der Waals surface area contributed by atoms with Crippen LogP contribution < -0.4 is 14.8 Å². The molecule has 2 aliphatic rings. The highest BCUT2D eigenvalue weighted by atomic mass is 32.1. The number of nitrogens with one attached hydrogen (secondary N) is 1. The largest absolute Gasteiger partial charge is 0.493 e. The molecule has 0 radical (unpaired) electrons. The fourth-order valence-electron chi connectivity index (χ4n) is 4.22. The van der Waals surface area contributed by atoms with Gasteiger partial charge in [-0.2, -0.15) is 0 Å². The van der Waals surface area contributed by atoms with Gasteiger partial charge in [0.05, 0.1) is 20.3 Å². The van der Waals surface area contributed by atoms with Crippen LogP contribution in [0.3, 0.4) is 0 Å². The molecule has 160 valence electrons. The molecule has 2 heterocycles. The van der Waals surface area contributed by atoms with Crippen LogP contribution in [-0.4, -0.2) is 44.0 Å². The Morgan fingerprint density at radius 2 is 1.97 bits per heavy atom. The molecule has 3 unspecified atom stereocenters. The van der Waals surface area contributed by atoms with E-state index in [1.165, 1.54) is 5.56 Å². The zero-order valence-electron chi connectivity index (χ0n) is 17.6. The maximum absolute atomic E-state index is 13.1. The van der Waals surface area contributed by atoms with Crippen LogP contribution in [0.5, 0.6) is 11.5 Å². The van der Waals surface area contributed by atoms with E-state index in [1.54, 1.807) is 25.6 Å². The number of rotatable bonds is 7. The standard InChI is InChI=1S/C23H28N2O4S/c1-14-11-16(14)23(27)24-8-6-21(26)25-9-7-15-12-18(28-2)19(29-3)13-17(15)22(25)20-5-4-10-30-20/h4-5,10,12-14,16,22H,6-9,11H2,1-3H3,(H,24,27). The van der Waals surface area contributed by atoms with E-state index in [1.807, 2.05) is 28.5 Å². The summed E-state index contributed by atoms with van der Waals surface area (Å²) >= 11 is 1.64. The van der Waals surface area contributed by atoms with Crippen molar-refractivity contribution in [1.82, 2.24) is 10.2 Å². The maximum Gasteiger partial charge on any atom is 0.225 e. The van der Waals surface area contributed by atoms with E-state index in [2.05, 4.69) is 18.3 Å². The van der Waals surface area contributed by atoms with Gasteiger partial charge in [-0.15, -0.1) is 11.3 Å². The molecule has 4 rings (SSSR count). The highest BCUT2D eigenvalue weighted by molar-refractivity contribution is 7.10. The summed E-state index contributed by atoms with van der Waals surface area (Å²) in [5.41, 5.74) is 2.25. The Hall–Kier alpha value is -2.54. The summed E-state index contributed by atoms with van der Waals surface area (Å²) in [6.45, 7) is 3.10. The van der Waals surface area contributed by atoms with E-state index in [-0.39, 0.29) is 23.8 Å². The minimum absolute atomic E-state index is 0.0537. The average molecular weight is 429 g/mol. The van der Waals surface area contributed by atoms with Crippen LogP contribution in [0.4, 0.5) is 0 Å². The second-order valence-corrected chi connectivity index (χ2v) is 9.00. The summed E-state index contributed by atoms with van der Waals surface area (Å²) in [7, 11) is 3.26. The number of thiophene rings is 1. The zero-order chi connectivity index (χ0) is 21.3. The summed E-state index contributed by atoms with van der Waals surface area (Å²) in [6, 6.07) is 7.94. The SMILES string of the molecule is COc1cc2c(cc1OC)C(c1cccs1)N(C(=O)CCNC(=O)C1CC1C)CC2. The van der Waals surface area contributed by atoms with Crippen LogP contribution in [0.2, 0.25) is 0 Å². The second-order valence-electron chi connectivity index (χ2n) is 8.02. The normalized spacial score (nSPS) is 22.2. The lowest BCUT2D eigenvalue weighted by molar-refractivity contribution is -0.133. The van der Waals surface area contributed by atoms with Crippen molar-refractivity contribution >= 4 is 23.2 Å². The van der Waals surface area contributed by atoms with Gasteiger partial charge in [0.2, 0.25) is 11.8 Å². The number of methoxy groups -OCH3 is 2. The first kappa shape index (κ1) is 20.7. The van der Waals surface area contributed by atoms with E-state index in [0.717, 1.165) is 23.3 Å². The van der Waals surface area contributed by atoms with Gasteiger partial charge in [-0.25, -0.2) is 0 Å². The number of nitrogens with zero attached hydrogens (tertiary/aromatic N) is 1. The molecule has 1 N–H and O–H groups in total. The van der Waals surface area contributed by atoms with Crippen molar-refractivity contribution in [3.8, 4) is 11.5 Å². The Morgan fingerprint density at radius 3 is 2.60 bits per heavy atom. The van der Waals surface area contributed by atoms with E-state index in [0.29, 0.717) is 36.9 Å². The van der Waals surface area contributed by atoms with Crippen molar-refractivity contribution in [2.45, 2.75) is 32.2 Å². The van der Waals surface area contributed by atoms with Crippen molar-refractivity contribution in [3.63, 3.8) is 0 Å². The Morgan fingerprint density at radius 1 is 1.23 bits per heavy atom. The molecule has 6 nitrogen and oxygen atoms in total. The van der Waals surface area contributed by atoms with Crippen molar-refractivity contribution < 1.29 is 19.1 Å². The highest BCUT2D eigenvalue weighted by Crippen LogP contribution is 2.42. The third-order valence-electron chi connectivity index (χ3n) is 6.09. The fraction of sp³-hybridized carbons (Fsp3) is 0.478. The molecular formula is C23H28N2O4S. The lowest BCUT2D eigenvalue weighted by atomic mass is 9.90. The molecule has 0 bridgehead atoms. The van der Waals surface area contributed by atoms with E-state index < -0.39 is 0 Å². The molecule has 0 spiro atoms. The van der Waals surface area contributed by atoms with Gasteiger partial charge in [-0.05, 0) is 53.5 Å². The molecule has 3 atom stereocenters. The van der Waals surface area contributed by atoms with Gasteiger partial charge in [-0.3, -0.25) is 9.59 Å². The van der Waals surface area contributed by atoms with Crippen LogP contribution in [0, 0.1) is 11.8 Å².